The van der Waals surface area contributed by atoms with Gasteiger partial charge in [-0.2, -0.15) is 0 Å². The lowest BCUT2D eigenvalue weighted by atomic mass is 9.93. The van der Waals surface area contributed by atoms with E-state index in [1.165, 1.54) is 41.5 Å². The van der Waals surface area contributed by atoms with E-state index in [4.69, 9.17) is 4.74 Å². The molecule has 1 aliphatic rings. The Labute approximate surface area is 254 Å². The van der Waals surface area contributed by atoms with Gasteiger partial charge in [0.1, 0.15) is 30.2 Å². The van der Waals surface area contributed by atoms with Crippen molar-refractivity contribution in [1.29, 1.82) is 0 Å². The lowest BCUT2D eigenvalue weighted by Crippen LogP contribution is -2.59. The molecule has 9 N–H and O–H groups in total. The predicted molar refractivity (Wildman–Crippen MR) is 151 cm³/mol. The van der Waals surface area contributed by atoms with Crippen LogP contribution in [0.1, 0.15) is 48.0 Å². The summed E-state index contributed by atoms with van der Waals surface area (Å²) >= 11 is 0. The monoisotopic (exact) mass is 629 g/mol. The molecule has 1 fully saturated rings. The maximum absolute atomic E-state index is 12.9. The number of methoxy groups -OCH3 is 1. The molecule has 18 heteroatoms. The van der Waals surface area contributed by atoms with Crippen LogP contribution < -0.4 is 37.2 Å². The van der Waals surface area contributed by atoms with Gasteiger partial charge in [-0.15, -0.1) is 0 Å². The molecule has 1 unspecified atom stereocenters. The minimum absolute atomic E-state index is 0.544. The number of amides is 7. The van der Waals surface area contributed by atoms with Crippen LogP contribution in [0.2, 0.25) is 0 Å². The van der Waals surface area contributed by atoms with Crippen LogP contribution >= 0.6 is 0 Å². The Morgan fingerprint density at radius 2 is 1.00 bits per heavy atom. The van der Waals surface area contributed by atoms with E-state index in [0.29, 0.717) is 0 Å². The third-order valence-electron chi connectivity index (χ3n) is 6.75. The van der Waals surface area contributed by atoms with Crippen LogP contribution in [0, 0.1) is 5.92 Å². The summed E-state index contributed by atoms with van der Waals surface area (Å²) in [5.74, 6) is -8.08. The Kier molecular flexibility index (Phi) is 14.8. The molecule has 0 aliphatic carbocycles. The van der Waals surface area contributed by atoms with E-state index in [-0.39, 0.29) is 0 Å². The van der Waals surface area contributed by atoms with Gasteiger partial charge in [0, 0.05) is 13.5 Å². The summed E-state index contributed by atoms with van der Waals surface area (Å²) in [5.41, 5.74) is 0. The van der Waals surface area contributed by atoms with Crippen LogP contribution in [0.15, 0.2) is 0 Å². The van der Waals surface area contributed by atoms with Gasteiger partial charge >= 0.3 is 0 Å². The van der Waals surface area contributed by atoms with Crippen molar-refractivity contribution in [1.82, 2.24) is 37.2 Å². The van der Waals surface area contributed by atoms with Crippen LogP contribution in [0.25, 0.3) is 0 Å². The van der Waals surface area contributed by atoms with Crippen molar-refractivity contribution in [3.8, 4) is 0 Å². The highest BCUT2D eigenvalue weighted by atomic mass is 16.5. The average molecular weight is 630 g/mol. The van der Waals surface area contributed by atoms with E-state index in [1.807, 2.05) is 0 Å². The van der Waals surface area contributed by atoms with Crippen LogP contribution in [-0.4, -0.2) is 120 Å². The molecule has 0 bridgehead atoms. The number of rotatable bonds is 3. The molecule has 0 aromatic rings. The molecule has 44 heavy (non-hydrogen) atoms. The third-order valence-corrected chi connectivity index (χ3v) is 6.75. The second kappa shape index (κ2) is 17.2. The zero-order valence-electron chi connectivity index (χ0n) is 25.7. The predicted octanol–water partition coefficient (Wildman–Crippen LogP) is -4.95. The largest absolute Gasteiger partial charge is 0.394 e. The molecule has 248 valence electrons. The molecule has 1 heterocycles. The van der Waals surface area contributed by atoms with Crippen molar-refractivity contribution >= 4 is 47.1 Å². The van der Waals surface area contributed by atoms with Gasteiger partial charge in [-0.25, -0.2) is 0 Å². The first kappa shape index (κ1) is 37.9. The van der Waals surface area contributed by atoms with Gasteiger partial charge in [0.25, 0.3) is 5.91 Å². The second-order valence-electron chi connectivity index (χ2n) is 10.5. The SMILES string of the molecule is CO[C@@H]1NC(=O)[C@@H](C)NC(=O)[C@H](C)NC(=O)[C@@H](C)NC(=O)[C@H](C(C)O)CC(=O)[C@@H](C)NC(=O)[C@H](CO)NC(=O)[C@H](C)NC1=O. The Balaban J connectivity index is 3.30. The van der Waals surface area contributed by atoms with Gasteiger partial charge in [-0.1, -0.05) is 0 Å². The fourth-order valence-electron chi connectivity index (χ4n) is 3.80. The maximum Gasteiger partial charge on any atom is 0.270 e. The second-order valence-corrected chi connectivity index (χ2v) is 10.5. The van der Waals surface area contributed by atoms with Crippen molar-refractivity contribution in [2.45, 2.75) is 96.5 Å². The zero-order valence-corrected chi connectivity index (χ0v) is 25.7. The number of carbonyl (C=O) groups is 8. The van der Waals surface area contributed by atoms with E-state index in [9.17, 15) is 48.6 Å². The number of aliphatic hydroxyl groups is 2. The number of carbonyl (C=O) groups excluding carboxylic acids is 8. The minimum atomic E-state index is -1.60. The summed E-state index contributed by atoms with van der Waals surface area (Å²) in [5, 5.41) is 36.0. The molecular formula is C26H43N7O11. The average Bonchev–Trinajstić information content (AvgIpc) is 2.95. The summed E-state index contributed by atoms with van der Waals surface area (Å²) in [6.07, 6.45) is -3.48. The van der Waals surface area contributed by atoms with E-state index >= 15 is 0 Å². The van der Waals surface area contributed by atoms with E-state index in [1.54, 1.807) is 0 Å². The topological polar surface area (TPSA) is 270 Å². The highest BCUT2D eigenvalue weighted by Gasteiger charge is 2.33. The highest BCUT2D eigenvalue weighted by Crippen LogP contribution is 2.12. The molecule has 18 nitrogen and oxygen atoms in total. The summed E-state index contributed by atoms with van der Waals surface area (Å²) in [6.45, 7) is 6.86. The Morgan fingerprint density at radius 3 is 1.43 bits per heavy atom. The first-order valence-electron chi connectivity index (χ1n) is 13.9. The number of nitrogens with one attached hydrogen (secondary N) is 7. The fraction of sp³-hybridized carbons (Fsp3) is 0.692. The molecular weight excluding hydrogens is 586 g/mol. The van der Waals surface area contributed by atoms with Crippen molar-refractivity contribution in [3.05, 3.63) is 0 Å². The first-order chi connectivity index (χ1) is 20.4. The maximum atomic E-state index is 12.9. The summed E-state index contributed by atoms with van der Waals surface area (Å²) in [6, 6.07) is -7.66. The van der Waals surface area contributed by atoms with Crippen LogP contribution in [0.4, 0.5) is 0 Å². The zero-order chi connectivity index (χ0) is 33.9. The number of ketones is 1. The van der Waals surface area contributed by atoms with E-state index < -0.39 is 115 Å². The number of ether oxygens (including phenoxy) is 1. The lowest BCUT2D eigenvalue weighted by Gasteiger charge is -2.26. The Morgan fingerprint density at radius 1 is 0.614 bits per heavy atom. The molecule has 1 saturated heterocycles. The molecule has 1 aliphatic heterocycles. The van der Waals surface area contributed by atoms with Gasteiger partial charge in [0.2, 0.25) is 41.7 Å². The van der Waals surface area contributed by atoms with E-state index in [2.05, 4.69) is 37.2 Å². The number of Topliss-reactive ketones (excluding diaryl/α,β-unsaturated/α-hetero) is 1. The van der Waals surface area contributed by atoms with Crippen LogP contribution in [0.5, 0.6) is 0 Å². The lowest BCUT2D eigenvalue weighted by molar-refractivity contribution is -0.142. The molecule has 0 radical (unpaired) electrons. The molecule has 7 amide bonds. The van der Waals surface area contributed by atoms with Gasteiger partial charge in [0.15, 0.2) is 5.78 Å². The van der Waals surface area contributed by atoms with Crippen molar-refractivity contribution in [2.24, 2.45) is 5.92 Å². The van der Waals surface area contributed by atoms with Gasteiger partial charge in [0.05, 0.1) is 24.7 Å². The summed E-state index contributed by atoms with van der Waals surface area (Å²) in [4.78, 5) is 102. The normalized spacial score (nSPS) is 32.0. The molecule has 0 saturated carbocycles. The summed E-state index contributed by atoms with van der Waals surface area (Å²) < 4.78 is 4.98. The van der Waals surface area contributed by atoms with E-state index in [0.717, 1.165) is 7.11 Å². The van der Waals surface area contributed by atoms with Crippen molar-refractivity contribution in [3.63, 3.8) is 0 Å². The number of aliphatic hydroxyl groups excluding tert-OH is 2. The summed E-state index contributed by atoms with van der Waals surface area (Å²) in [7, 11) is 1.10. The molecule has 0 spiro atoms. The fourth-order valence-corrected chi connectivity index (χ4v) is 3.80. The Bertz CT molecular complexity index is 1120. The van der Waals surface area contributed by atoms with Crippen LogP contribution in [-0.2, 0) is 43.1 Å². The van der Waals surface area contributed by atoms with Crippen LogP contribution in [0.3, 0.4) is 0 Å². The standard InChI is InChI=1S/C26H43N7O11/c1-10-18(36)8-16(15(6)35)23(41)30-12(3)20(38)28-11(2)19(37)29-14(5)22(40)33-26(44-7)25(43)31-13(4)21(39)32-17(9-34)24(42)27-10/h10-17,26,34-35H,8-9H2,1-7H3,(H,27,42)(H,28,38)(H,29,37)(H,30,41)(H,31,43)(H,32,39)(H,33,40)/t10-,11+,12-,13+,14-,15?,16+,17+,26+/m1/s1. The van der Waals surface area contributed by atoms with Crippen molar-refractivity contribution in [2.75, 3.05) is 13.7 Å². The minimum Gasteiger partial charge on any atom is -0.394 e. The smallest absolute Gasteiger partial charge is 0.270 e. The van der Waals surface area contributed by atoms with Gasteiger partial charge in [-0.05, 0) is 41.5 Å². The molecule has 1 rings (SSSR count). The highest BCUT2D eigenvalue weighted by molar-refractivity contribution is 5.98. The number of hydrogen-bond acceptors (Lipinski definition) is 11. The Hall–Kier alpha value is -4.16. The first-order valence-corrected chi connectivity index (χ1v) is 13.9. The third kappa shape index (κ3) is 11.2. The van der Waals surface area contributed by atoms with Crippen molar-refractivity contribution < 1.29 is 53.3 Å². The van der Waals surface area contributed by atoms with Gasteiger partial charge in [-0.3, -0.25) is 38.4 Å². The quantitative estimate of drug-likeness (QED) is 0.143. The molecule has 9 atom stereocenters. The molecule has 0 aromatic carbocycles. The van der Waals surface area contributed by atoms with Gasteiger partial charge < -0.3 is 52.2 Å². The molecule has 0 aromatic heterocycles. The number of hydrogen-bond donors (Lipinski definition) is 9.